The number of nitrogens with zero attached hydrogens (tertiary/aromatic N) is 3. The van der Waals surface area contributed by atoms with Crippen LogP contribution < -0.4 is 0 Å². The first-order chi connectivity index (χ1) is 13.9. The number of carbonyl (C=O) groups is 1. The minimum absolute atomic E-state index is 0.0394. The summed E-state index contributed by atoms with van der Waals surface area (Å²) in [7, 11) is 0. The van der Waals surface area contributed by atoms with Crippen molar-refractivity contribution in [3.63, 3.8) is 0 Å². The summed E-state index contributed by atoms with van der Waals surface area (Å²) in [4.78, 5) is 18.3. The molecule has 3 aromatic rings. The Kier molecular flexibility index (Phi) is 5.04. The lowest BCUT2D eigenvalue weighted by atomic mass is 9.97. The Bertz CT molecular complexity index is 1070. The van der Waals surface area contributed by atoms with Crippen molar-refractivity contribution in [2.24, 2.45) is 0 Å². The maximum Gasteiger partial charge on any atom is 0.253 e. The SMILES string of the molecule is O=C(c1ccc(F)c(F)c1)N1CCCC(c2nc(-c3cccc(F)c3F)no2)C1. The lowest BCUT2D eigenvalue weighted by Crippen LogP contribution is -2.39. The molecule has 1 saturated heterocycles. The van der Waals surface area contributed by atoms with E-state index >= 15 is 0 Å². The number of benzene rings is 2. The summed E-state index contributed by atoms with van der Waals surface area (Å²) in [5.74, 6) is -4.84. The number of hydrogen-bond donors (Lipinski definition) is 0. The van der Waals surface area contributed by atoms with Crippen LogP contribution in [0.25, 0.3) is 11.4 Å². The fraction of sp³-hybridized carbons (Fsp3) is 0.250. The Morgan fingerprint density at radius 2 is 1.90 bits per heavy atom. The number of likely N-dealkylation sites (tertiary alicyclic amines) is 1. The van der Waals surface area contributed by atoms with Gasteiger partial charge >= 0.3 is 0 Å². The van der Waals surface area contributed by atoms with Crippen molar-refractivity contribution in [1.29, 1.82) is 0 Å². The predicted octanol–water partition coefficient (Wildman–Crippen LogP) is 4.31. The Labute approximate surface area is 162 Å². The van der Waals surface area contributed by atoms with Gasteiger partial charge in [-0.05, 0) is 43.2 Å². The van der Waals surface area contributed by atoms with Crippen LogP contribution in [0.3, 0.4) is 0 Å². The molecule has 1 aromatic heterocycles. The second-order valence-electron chi connectivity index (χ2n) is 6.78. The fourth-order valence-electron chi connectivity index (χ4n) is 3.36. The van der Waals surface area contributed by atoms with E-state index in [4.69, 9.17) is 4.52 Å². The molecule has 1 fully saturated rings. The van der Waals surface area contributed by atoms with Crippen molar-refractivity contribution in [2.75, 3.05) is 13.1 Å². The van der Waals surface area contributed by atoms with E-state index in [1.54, 1.807) is 0 Å². The molecule has 9 heteroatoms. The first kappa shape index (κ1) is 19.1. The van der Waals surface area contributed by atoms with E-state index in [0.717, 1.165) is 18.2 Å². The minimum Gasteiger partial charge on any atom is -0.339 e. The van der Waals surface area contributed by atoms with Crippen LogP contribution in [0, 0.1) is 23.3 Å². The molecule has 0 saturated carbocycles. The van der Waals surface area contributed by atoms with E-state index in [1.165, 1.54) is 23.1 Å². The normalized spacial score (nSPS) is 16.8. The smallest absolute Gasteiger partial charge is 0.253 e. The summed E-state index contributed by atoms with van der Waals surface area (Å²) in [6.45, 7) is 0.666. The number of carbonyl (C=O) groups excluding carboxylic acids is 1. The topological polar surface area (TPSA) is 59.2 Å². The van der Waals surface area contributed by atoms with Crippen LogP contribution in [0.15, 0.2) is 40.9 Å². The van der Waals surface area contributed by atoms with Crippen molar-refractivity contribution >= 4 is 5.91 Å². The number of hydrogen-bond acceptors (Lipinski definition) is 4. The van der Waals surface area contributed by atoms with Crippen LogP contribution in [-0.2, 0) is 0 Å². The largest absolute Gasteiger partial charge is 0.339 e. The molecule has 29 heavy (non-hydrogen) atoms. The zero-order valence-electron chi connectivity index (χ0n) is 15.0. The lowest BCUT2D eigenvalue weighted by Gasteiger charge is -2.31. The van der Waals surface area contributed by atoms with Gasteiger partial charge in [0.1, 0.15) is 0 Å². The summed E-state index contributed by atoms with van der Waals surface area (Å²) in [6.07, 6.45) is 1.28. The molecule has 0 radical (unpaired) electrons. The quantitative estimate of drug-likeness (QED) is 0.610. The van der Waals surface area contributed by atoms with E-state index in [0.29, 0.717) is 19.4 Å². The van der Waals surface area contributed by atoms with Crippen LogP contribution in [-0.4, -0.2) is 34.0 Å². The van der Waals surface area contributed by atoms with Crippen molar-refractivity contribution in [1.82, 2.24) is 15.0 Å². The zero-order chi connectivity index (χ0) is 20.5. The molecule has 5 nitrogen and oxygen atoms in total. The van der Waals surface area contributed by atoms with Gasteiger partial charge in [0.15, 0.2) is 23.3 Å². The Morgan fingerprint density at radius 1 is 1.07 bits per heavy atom. The Balaban J connectivity index is 1.53. The molecular weight excluding hydrogens is 390 g/mol. The monoisotopic (exact) mass is 405 g/mol. The molecule has 2 aromatic carbocycles. The number of halogens is 4. The van der Waals surface area contributed by atoms with Gasteiger partial charge in [-0.15, -0.1) is 0 Å². The summed E-state index contributed by atoms with van der Waals surface area (Å²) >= 11 is 0. The van der Waals surface area contributed by atoms with Crippen molar-refractivity contribution < 1.29 is 26.9 Å². The Hall–Kier alpha value is -3.23. The number of amides is 1. The molecule has 4 rings (SSSR count). The second kappa shape index (κ2) is 7.65. The predicted molar refractivity (Wildman–Crippen MR) is 93.9 cm³/mol. The second-order valence-corrected chi connectivity index (χ2v) is 6.78. The van der Waals surface area contributed by atoms with Crippen LogP contribution in [0.2, 0.25) is 0 Å². The van der Waals surface area contributed by atoms with Gasteiger partial charge in [0.05, 0.1) is 11.5 Å². The van der Waals surface area contributed by atoms with Gasteiger partial charge in [0.2, 0.25) is 11.7 Å². The highest BCUT2D eigenvalue weighted by atomic mass is 19.2. The highest BCUT2D eigenvalue weighted by Crippen LogP contribution is 2.29. The molecular formula is C20H15F4N3O2. The van der Waals surface area contributed by atoms with Crippen LogP contribution in [0.4, 0.5) is 17.6 Å². The van der Waals surface area contributed by atoms with E-state index in [9.17, 15) is 22.4 Å². The molecule has 1 amide bonds. The zero-order valence-corrected chi connectivity index (χ0v) is 15.0. The molecule has 1 atom stereocenters. The molecule has 1 aliphatic rings. The molecule has 150 valence electrons. The van der Waals surface area contributed by atoms with E-state index < -0.39 is 29.2 Å². The number of aromatic nitrogens is 2. The number of rotatable bonds is 3. The fourth-order valence-corrected chi connectivity index (χ4v) is 3.36. The molecule has 0 spiro atoms. The van der Waals surface area contributed by atoms with Gasteiger partial charge in [0, 0.05) is 18.7 Å². The molecule has 0 aliphatic carbocycles. The average molecular weight is 405 g/mol. The lowest BCUT2D eigenvalue weighted by molar-refractivity contribution is 0.0695. The van der Waals surface area contributed by atoms with E-state index in [-0.39, 0.29) is 35.3 Å². The number of piperidine rings is 1. The van der Waals surface area contributed by atoms with Gasteiger partial charge in [-0.25, -0.2) is 17.6 Å². The summed E-state index contributed by atoms with van der Waals surface area (Å²) in [5, 5.41) is 3.73. The van der Waals surface area contributed by atoms with Crippen molar-refractivity contribution in [3.05, 3.63) is 71.1 Å². The molecule has 0 N–H and O–H groups in total. The third-order valence-corrected chi connectivity index (χ3v) is 4.86. The first-order valence-electron chi connectivity index (χ1n) is 8.96. The Morgan fingerprint density at radius 3 is 2.69 bits per heavy atom. The molecule has 1 unspecified atom stereocenters. The minimum atomic E-state index is -1.09. The standard InChI is InChI=1S/C20H15F4N3O2/c21-14-7-6-11(9-16(14)23)20(28)27-8-2-3-12(10-27)19-25-18(26-29-19)13-4-1-5-15(22)17(13)24/h1,4-7,9,12H,2-3,8,10H2. The van der Waals surface area contributed by atoms with E-state index in [2.05, 4.69) is 10.1 Å². The van der Waals surface area contributed by atoms with Gasteiger partial charge in [-0.3, -0.25) is 4.79 Å². The van der Waals surface area contributed by atoms with Crippen LogP contribution >= 0.6 is 0 Å². The highest BCUT2D eigenvalue weighted by molar-refractivity contribution is 5.94. The average Bonchev–Trinajstić information content (AvgIpc) is 3.22. The van der Waals surface area contributed by atoms with Gasteiger partial charge in [-0.2, -0.15) is 4.98 Å². The molecule has 2 heterocycles. The van der Waals surface area contributed by atoms with Gasteiger partial charge in [0.25, 0.3) is 5.91 Å². The van der Waals surface area contributed by atoms with Crippen molar-refractivity contribution in [2.45, 2.75) is 18.8 Å². The molecule has 1 aliphatic heterocycles. The van der Waals surface area contributed by atoms with E-state index in [1.807, 2.05) is 0 Å². The summed E-state index contributed by atoms with van der Waals surface area (Å²) in [5.41, 5.74) is -0.0804. The van der Waals surface area contributed by atoms with Gasteiger partial charge < -0.3 is 9.42 Å². The summed E-state index contributed by atoms with van der Waals surface area (Å²) < 4.78 is 59.1. The molecule has 0 bridgehead atoms. The van der Waals surface area contributed by atoms with Crippen molar-refractivity contribution in [3.8, 4) is 11.4 Å². The third kappa shape index (κ3) is 3.72. The first-order valence-corrected chi connectivity index (χ1v) is 8.96. The van der Waals surface area contributed by atoms with Gasteiger partial charge in [-0.1, -0.05) is 11.2 Å². The van der Waals surface area contributed by atoms with Crippen LogP contribution in [0.5, 0.6) is 0 Å². The summed E-state index contributed by atoms with van der Waals surface area (Å²) in [6, 6.07) is 6.66. The highest BCUT2D eigenvalue weighted by Gasteiger charge is 2.30. The van der Waals surface area contributed by atoms with Crippen LogP contribution in [0.1, 0.15) is 35.0 Å². The maximum atomic E-state index is 13.9. The maximum absolute atomic E-state index is 13.9. The third-order valence-electron chi connectivity index (χ3n) is 4.86.